The molecule has 1 amide bonds. The highest BCUT2D eigenvalue weighted by molar-refractivity contribution is 7.15. The Kier molecular flexibility index (Phi) is 5.56. The zero-order valence-corrected chi connectivity index (χ0v) is 14.7. The number of hydrogen-bond donors (Lipinski definition) is 1. The van der Waals surface area contributed by atoms with E-state index in [2.05, 4.69) is 5.32 Å². The van der Waals surface area contributed by atoms with Crippen molar-refractivity contribution in [1.29, 1.82) is 0 Å². The summed E-state index contributed by atoms with van der Waals surface area (Å²) in [7, 11) is 0. The first-order chi connectivity index (χ1) is 11.3. The first-order valence-electron chi connectivity index (χ1n) is 7.55. The van der Waals surface area contributed by atoms with Gasteiger partial charge in [0, 0.05) is 19.5 Å². The van der Waals surface area contributed by atoms with Gasteiger partial charge in [-0.3, -0.25) is 14.9 Å². The second-order valence-corrected chi connectivity index (χ2v) is 6.95. The molecule has 0 bridgehead atoms. The third kappa shape index (κ3) is 4.79. The fourth-order valence-electron chi connectivity index (χ4n) is 2.24. The van der Waals surface area contributed by atoms with Gasteiger partial charge in [-0.1, -0.05) is 23.5 Å². The number of carbonyl (C=O) groups is 1. The number of hydrogen-bond acceptors (Lipinski definition) is 5. The van der Waals surface area contributed by atoms with E-state index in [9.17, 15) is 14.9 Å². The van der Waals surface area contributed by atoms with E-state index in [4.69, 9.17) is 4.74 Å². The second-order valence-electron chi connectivity index (χ2n) is 5.89. The Hall–Kier alpha value is -2.41. The highest BCUT2D eigenvalue weighted by atomic mass is 32.1. The van der Waals surface area contributed by atoms with Crippen molar-refractivity contribution in [3.05, 3.63) is 57.0 Å². The molecule has 7 heteroatoms. The lowest BCUT2D eigenvalue weighted by atomic mass is 10.1. The average molecular weight is 348 g/mol. The van der Waals surface area contributed by atoms with E-state index in [0.29, 0.717) is 18.7 Å². The van der Waals surface area contributed by atoms with Gasteiger partial charge in [0.25, 0.3) is 0 Å². The van der Waals surface area contributed by atoms with Crippen LogP contribution >= 0.6 is 11.3 Å². The normalized spacial score (nSPS) is 11.1. The summed E-state index contributed by atoms with van der Waals surface area (Å²) in [6.45, 7) is 5.82. The van der Waals surface area contributed by atoms with Crippen molar-refractivity contribution in [3.63, 3.8) is 0 Å². The van der Waals surface area contributed by atoms with Gasteiger partial charge in [0.2, 0.25) is 5.91 Å². The molecule has 6 nitrogen and oxygen atoms in total. The molecule has 0 fully saturated rings. The first kappa shape index (κ1) is 17.9. The molecule has 0 aliphatic rings. The highest BCUT2D eigenvalue weighted by Gasteiger charge is 2.27. The largest absolute Gasteiger partial charge is 0.482 e. The summed E-state index contributed by atoms with van der Waals surface area (Å²) in [4.78, 5) is 22.1. The molecule has 1 aromatic carbocycles. The van der Waals surface area contributed by atoms with Gasteiger partial charge >= 0.3 is 5.00 Å². The Bertz CT molecular complexity index is 740. The van der Waals surface area contributed by atoms with E-state index < -0.39 is 10.5 Å². The van der Waals surface area contributed by atoms with E-state index in [1.807, 2.05) is 38.1 Å². The van der Waals surface area contributed by atoms with Crippen molar-refractivity contribution in [2.24, 2.45) is 0 Å². The maximum Gasteiger partial charge on any atom is 0.324 e. The molecule has 1 aromatic heterocycles. The Balaban J connectivity index is 2.08. The van der Waals surface area contributed by atoms with Crippen LogP contribution in [0.2, 0.25) is 0 Å². The van der Waals surface area contributed by atoms with Crippen LogP contribution in [0.25, 0.3) is 0 Å². The van der Waals surface area contributed by atoms with Crippen molar-refractivity contribution >= 4 is 22.2 Å². The standard InChI is InChI=1S/C17H20N2O4S/c1-12(20)18-10-9-13-5-4-6-14(11-13)23-17(2,3)15-7-8-16(24-15)19(21)22/h4-8,11H,9-10H2,1-3H3,(H,18,20). The Morgan fingerprint density at radius 3 is 2.71 bits per heavy atom. The molecule has 128 valence electrons. The molecular weight excluding hydrogens is 328 g/mol. The molecule has 0 unspecified atom stereocenters. The number of benzene rings is 1. The van der Waals surface area contributed by atoms with Crippen LogP contribution in [-0.4, -0.2) is 17.4 Å². The van der Waals surface area contributed by atoms with Crippen molar-refractivity contribution in [3.8, 4) is 5.75 Å². The minimum atomic E-state index is -0.671. The molecule has 0 saturated heterocycles. The third-order valence-corrected chi connectivity index (χ3v) is 4.77. The van der Waals surface area contributed by atoms with Crippen molar-refractivity contribution in [2.75, 3.05) is 6.54 Å². The molecular formula is C17H20N2O4S. The van der Waals surface area contributed by atoms with Gasteiger partial charge in [-0.2, -0.15) is 0 Å². The third-order valence-electron chi connectivity index (χ3n) is 3.42. The van der Waals surface area contributed by atoms with Crippen LogP contribution in [0, 0.1) is 10.1 Å². The fraction of sp³-hybridized carbons (Fsp3) is 0.353. The predicted octanol–water partition coefficient (Wildman–Crippen LogP) is 3.65. The second kappa shape index (κ2) is 7.44. The van der Waals surface area contributed by atoms with E-state index in [0.717, 1.165) is 21.8 Å². The summed E-state index contributed by atoms with van der Waals surface area (Å²) in [5.41, 5.74) is 0.379. The zero-order chi connectivity index (χ0) is 17.7. The molecule has 0 aliphatic carbocycles. The molecule has 0 radical (unpaired) electrons. The molecule has 0 atom stereocenters. The van der Waals surface area contributed by atoms with Gasteiger partial charge in [0.05, 0.1) is 9.80 Å². The van der Waals surface area contributed by atoms with Crippen LogP contribution in [-0.2, 0) is 16.8 Å². The number of thiophene rings is 1. The van der Waals surface area contributed by atoms with Crippen LogP contribution in [0.15, 0.2) is 36.4 Å². The number of ether oxygens (including phenoxy) is 1. The monoisotopic (exact) mass is 348 g/mol. The molecule has 0 saturated carbocycles. The van der Waals surface area contributed by atoms with Crippen molar-refractivity contribution < 1.29 is 14.5 Å². The smallest absolute Gasteiger partial charge is 0.324 e. The fourth-order valence-corrected chi connectivity index (χ4v) is 3.10. The van der Waals surface area contributed by atoms with Gasteiger partial charge in [-0.05, 0) is 44.0 Å². The van der Waals surface area contributed by atoms with Gasteiger partial charge in [-0.15, -0.1) is 0 Å². The maximum absolute atomic E-state index is 10.9. The summed E-state index contributed by atoms with van der Waals surface area (Å²) in [6, 6.07) is 10.9. The molecule has 0 spiro atoms. The van der Waals surface area contributed by atoms with Crippen LogP contribution < -0.4 is 10.1 Å². The first-order valence-corrected chi connectivity index (χ1v) is 8.37. The zero-order valence-electron chi connectivity index (χ0n) is 13.9. The Morgan fingerprint density at radius 1 is 1.33 bits per heavy atom. The summed E-state index contributed by atoms with van der Waals surface area (Å²) in [5.74, 6) is 0.638. The number of nitro groups is 1. The average Bonchev–Trinajstić information content (AvgIpc) is 2.97. The lowest BCUT2D eigenvalue weighted by Crippen LogP contribution is -2.24. The highest BCUT2D eigenvalue weighted by Crippen LogP contribution is 2.35. The molecule has 1 N–H and O–H groups in total. The number of nitrogens with one attached hydrogen (secondary N) is 1. The van der Waals surface area contributed by atoms with Crippen LogP contribution in [0.1, 0.15) is 31.2 Å². The van der Waals surface area contributed by atoms with Crippen molar-refractivity contribution in [2.45, 2.75) is 32.8 Å². The number of rotatable bonds is 7. The lowest BCUT2D eigenvalue weighted by molar-refractivity contribution is -0.380. The van der Waals surface area contributed by atoms with Crippen LogP contribution in [0.3, 0.4) is 0 Å². The summed E-state index contributed by atoms with van der Waals surface area (Å²) >= 11 is 1.12. The van der Waals surface area contributed by atoms with Gasteiger partial charge < -0.3 is 10.1 Å². The van der Waals surface area contributed by atoms with Crippen LogP contribution in [0.5, 0.6) is 5.75 Å². The molecule has 1 heterocycles. The van der Waals surface area contributed by atoms with E-state index in [1.165, 1.54) is 13.0 Å². The molecule has 2 rings (SSSR count). The number of carbonyl (C=O) groups excluding carboxylic acids is 1. The van der Waals surface area contributed by atoms with E-state index in [-0.39, 0.29) is 10.9 Å². The van der Waals surface area contributed by atoms with Gasteiger partial charge in [0.15, 0.2) is 0 Å². The summed E-state index contributed by atoms with van der Waals surface area (Å²) in [6.07, 6.45) is 0.710. The molecule has 24 heavy (non-hydrogen) atoms. The van der Waals surface area contributed by atoms with E-state index in [1.54, 1.807) is 6.07 Å². The maximum atomic E-state index is 10.9. The van der Waals surface area contributed by atoms with E-state index >= 15 is 0 Å². The molecule has 2 aromatic rings. The van der Waals surface area contributed by atoms with Crippen LogP contribution in [0.4, 0.5) is 5.00 Å². The quantitative estimate of drug-likeness (QED) is 0.612. The Morgan fingerprint density at radius 2 is 2.08 bits per heavy atom. The minimum absolute atomic E-state index is 0.0529. The van der Waals surface area contributed by atoms with Crippen molar-refractivity contribution in [1.82, 2.24) is 5.32 Å². The summed E-state index contributed by atoms with van der Waals surface area (Å²) in [5, 5.41) is 13.7. The lowest BCUT2D eigenvalue weighted by Gasteiger charge is -2.25. The number of amides is 1. The molecule has 0 aliphatic heterocycles. The topological polar surface area (TPSA) is 81.5 Å². The van der Waals surface area contributed by atoms with Gasteiger partial charge in [-0.25, -0.2) is 0 Å². The SMILES string of the molecule is CC(=O)NCCc1cccc(OC(C)(C)c2ccc([N+](=O)[O-])s2)c1. The number of nitrogens with zero attached hydrogens (tertiary/aromatic N) is 1. The van der Waals surface area contributed by atoms with Gasteiger partial charge in [0.1, 0.15) is 11.4 Å². The Labute approximate surface area is 144 Å². The minimum Gasteiger partial charge on any atom is -0.482 e. The summed E-state index contributed by atoms with van der Waals surface area (Å²) < 4.78 is 6.05. The predicted molar refractivity (Wildman–Crippen MR) is 93.5 cm³/mol.